The van der Waals surface area contributed by atoms with Crippen LogP contribution in [0.2, 0.25) is 0 Å². The lowest BCUT2D eigenvalue weighted by Crippen LogP contribution is -2.38. The van der Waals surface area contributed by atoms with Gasteiger partial charge in [-0.05, 0) is 56.0 Å². The number of nitrogens with one attached hydrogen (secondary N) is 2. The first-order chi connectivity index (χ1) is 11.6. The Morgan fingerprint density at radius 3 is 2.83 bits per heavy atom. The van der Waals surface area contributed by atoms with Gasteiger partial charge in [-0.15, -0.1) is 0 Å². The number of aryl methyl sites for hydroxylation is 1. The third-order valence-corrected chi connectivity index (χ3v) is 3.79. The second kappa shape index (κ2) is 9.01. The van der Waals surface area contributed by atoms with Crippen molar-refractivity contribution in [2.24, 2.45) is 4.99 Å². The van der Waals surface area contributed by atoms with Gasteiger partial charge in [0.25, 0.3) is 0 Å². The van der Waals surface area contributed by atoms with E-state index in [1.807, 2.05) is 38.2 Å². The number of halogens is 1. The Labute approximate surface area is 143 Å². The number of guanidine groups is 1. The molecular weight excluding hydrogens is 303 g/mol. The normalized spacial score (nSPS) is 12.8. The van der Waals surface area contributed by atoms with Crippen molar-refractivity contribution in [3.05, 3.63) is 65.2 Å². The van der Waals surface area contributed by atoms with Gasteiger partial charge in [-0.25, -0.2) is 4.39 Å². The molecule has 0 spiro atoms. The largest absolute Gasteiger partial charge is 0.357 e. The molecule has 1 aromatic heterocycles. The number of pyridine rings is 1. The Balaban J connectivity index is 1.98. The zero-order chi connectivity index (χ0) is 17.4. The highest BCUT2D eigenvalue weighted by molar-refractivity contribution is 5.80. The van der Waals surface area contributed by atoms with Crippen LogP contribution in [0.4, 0.5) is 4.39 Å². The number of aliphatic imine (C=N–C) groups is 1. The molecule has 1 aromatic carbocycles. The van der Waals surface area contributed by atoms with Crippen molar-refractivity contribution in [3.63, 3.8) is 0 Å². The van der Waals surface area contributed by atoms with Crippen molar-refractivity contribution in [1.82, 2.24) is 15.6 Å². The molecule has 5 heteroatoms. The monoisotopic (exact) mass is 328 g/mol. The van der Waals surface area contributed by atoms with Crippen LogP contribution in [0.25, 0.3) is 0 Å². The fourth-order valence-corrected chi connectivity index (χ4v) is 2.33. The minimum atomic E-state index is -0.181. The van der Waals surface area contributed by atoms with E-state index in [1.54, 1.807) is 25.3 Å². The molecule has 0 aliphatic rings. The molecule has 4 nitrogen and oxygen atoms in total. The van der Waals surface area contributed by atoms with Crippen LogP contribution in [0.1, 0.15) is 36.6 Å². The van der Waals surface area contributed by atoms with Crippen LogP contribution in [-0.4, -0.2) is 24.0 Å². The van der Waals surface area contributed by atoms with Crippen molar-refractivity contribution >= 4 is 5.96 Å². The van der Waals surface area contributed by atoms with E-state index >= 15 is 0 Å². The molecule has 0 aliphatic heterocycles. The van der Waals surface area contributed by atoms with E-state index in [2.05, 4.69) is 20.6 Å². The van der Waals surface area contributed by atoms with E-state index < -0.39 is 0 Å². The lowest BCUT2D eigenvalue weighted by atomic mass is 10.1. The van der Waals surface area contributed by atoms with Crippen LogP contribution in [0.3, 0.4) is 0 Å². The van der Waals surface area contributed by atoms with Gasteiger partial charge in [0.05, 0.1) is 6.04 Å². The predicted octanol–water partition coefficient (Wildman–Crippen LogP) is 3.39. The molecule has 0 amide bonds. The summed E-state index contributed by atoms with van der Waals surface area (Å²) in [6.07, 6.45) is 4.45. The van der Waals surface area contributed by atoms with E-state index in [-0.39, 0.29) is 11.9 Å². The molecule has 2 N–H and O–H groups in total. The van der Waals surface area contributed by atoms with Crippen LogP contribution in [0, 0.1) is 12.7 Å². The number of hydrogen-bond donors (Lipinski definition) is 2. The average Bonchev–Trinajstić information content (AvgIpc) is 2.58. The molecule has 24 heavy (non-hydrogen) atoms. The standard InChI is InChI=1S/C19H25FN4/c1-4-22-19(23-11-9-16-6-5-10-21-13-16)24-15(3)17-8-7-14(2)18(20)12-17/h5-8,10,12-13,15H,4,9,11H2,1-3H3,(H2,22,23,24). The quantitative estimate of drug-likeness (QED) is 0.631. The van der Waals surface area contributed by atoms with Gasteiger partial charge in [-0.1, -0.05) is 18.2 Å². The summed E-state index contributed by atoms with van der Waals surface area (Å²) >= 11 is 0. The van der Waals surface area contributed by atoms with Crippen LogP contribution >= 0.6 is 0 Å². The number of rotatable bonds is 6. The van der Waals surface area contributed by atoms with Gasteiger partial charge in [-0.2, -0.15) is 0 Å². The van der Waals surface area contributed by atoms with Gasteiger partial charge in [0, 0.05) is 25.5 Å². The highest BCUT2D eigenvalue weighted by Crippen LogP contribution is 2.16. The predicted molar refractivity (Wildman–Crippen MR) is 96.6 cm³/mol. The Kier molecular flexibility index (Phi) is 6.73. The maximum absolute atomic E-state index is 13.7. The second-order valence-electron chi connectivity index (χ2n) is 5.75. The van der Waals surface area contributed by atoms with Crippen LogP contribution in [0.5, 0.6) is 0 Å². The number of benzene rings is 1. The Bertz CT molecular complexity index is 670. The molecular formula is C19H25FN4. The average molecular weight is 328 g/mol. The van der Waals surface area contributed by atoms with Gasteiger partial charge in [-0.3, -0.25) is 9.98 Å². The van der Waals surface area contributed by atoms with E-state index in [0.29, 0.717) is 12.1 Å². The summed E-state index contributed by atoms with van der Waals surface area (Å²) in [6.45, 7) is 7.22. The number of hydrogen-bond acceptors (Lipinski definition) is 2. The molecule has 1 heterocycles. The molecule has 0 aliphatic carbocycles. The SMILES string of the molecule is CCNC(=NCCc1cccnc1)NC(C)c1ccc(C)c(F)c1. The van der Waals surface area contributed by atoms with Gasteiger partial charge >= 0.3 is 0 Å². The molecule has 0 radical (unpaired) electrons. The zero-order valence-electron chi connectivity index (χ0n) is 14.5. The third kappa shape index (κ3) is 5.33. The molecule has 2 rings (SSSR count). The minimum absolute atomic E-state index is 0.0312. The fraction of sp³-hybridized carbons (Fsp3) is 0.368. The minimum Gasteiger partial charge on any atom is -0.357 e. The molecule has 0 saturated heterocycles. The van der Waals surface area contributed by atoms with E-state index in [1.165, 1.54) is 0 Å². The highest BCUT2D eigenvalue weighted by atomic mass is 19.1. The first kappa shape index (κ1) is 17.9. The fourth-order valence-electron chi connectivity index (χ4n) is 2.33. The summed E-state index contributed by atoms with van der Waals surface area (Å²) in [5.74, 6) is 0.551. The van der Waals surface area contributed by atoms with Crippen LogP contribution < -0.4 is 10.6 Å². The van der Waals surface area contributed by atoms with Crippen molar-refractivity contribution in [1.29, 1.82) is 0 Å². The maximum atomic E-state index is 13.7. The van der Waals surface area contributed by atoms with E-state index in [4.69, 9.17) is 0 Å². The van der Waals surface area contributed by atoms with Gasteiger partial charge in [0.2, 0.25) is 0 Å². The summed E-state index contributed by atoms with van der Waals surface area (Å²) < 4.78 is 13.7. The van der Waals surface area contributed by atoms with E-state index in [0.717, 1.165) is 30.1 Å². The maximum Gasteiger partial charge on any atom is 0.191 e. The van der Waals surface area contributed by atoms with Crippen molar-refractivity contribution < 1.29 is 4.39 Å². The van der Waals surface area contributed by atoms with Crippen molar-refractivity contribution in [3.8, 4) is 0 Å². The summed E-state index contributed by atoms with van der Waals surface area (Å²) in [4.78, 5) is 8.69. The highest BCUT2D eigenvalue weighted by Gasteiger charge is 2.09. The van der Waals surface area contributed by atoms with Gasteiger partial charge in [0.1, 0.15) is 5.82 Å². The first-order valence-corrected chi connectivity index (χ1v) is 8.30. The smallest absolute Gasteiger partial charge is 0.191 e. The van der Waals surface area contributed by atoms with Gasteiger partial charge < -0.3 is 10.6 Å². The van der Waals surface area contributed by atoms with E-state index in [9.17, 15) is 4.39 Å². The Hall–Kier alpha value is -2.43. The second-order valence-corrected chi connectivity index (χ2v) is 5.75. The van der Waals surface area contributed by atoms with Crippen LogP contribution in [-0.2, 0) is 6.42 Å². The lowest BCUT2D eigenvalue weighted by Gasteiger charge is -2.18. The lowest BCUT2D eigenvalue weighted by molar-refractivity contribution is 0.607. The topological polar surface area (TPSA) is 49.3 Å². The first-order valence-electron chi connectivity index (χ1n) is 8.30. The molecule has 0 saturated carbocycles. The molecule has 1 atom stereocenters. The number of aromatic nitrogens is 1. The molecule has 0 fully saturated rings. The summed E-state index contributed by atoms with van der Waals surface area (Å²) in [5, 5.41) is 6.55. The third-order valence-electron chi connectivity index (χ3n) is 3.79. The molecule has 1 unspecified atom stereocenters. The van der Waals surface area contributed by atoms with Crippen LogP contribution in [0.15, 0.2) is 47.7 Å². The molecule has 2 aromatic rings. The molecule has 0 bridgehead atoms. The summed E-state index contributed by atoms with van der Waals surface area (Å²) in [7, 11) is 0. The van der Waals surface area contributed by atoms with Gasteiger partial charge in [0.15, 0.2) is 5.96 Å². The summed E-state index contributed by atoms with van der Waals surface area (Å²) in [5.41, 5.74) is 2.71. The Morgan fingerprint density at radius 2 is 2.17 bits per heavy atom. The summed E-state index contributed by atoms with van der Waals surface area (Å²) in [6, 6.07) is 9.25. The Morgan fingerprint density at radius 1 is 1.33 bits per heavy atom. The zero-order valence-corrected chi connectivity index (χ0v) is 14.5. The number of nitrogens with zero attached hydrogens (tertiary/aromatic N) is 2. The van der Waals surface area contributed by atoms with Crippen molar-refractivity contribution in [2.45, 2.75) is 33.2 Å². The van der Waals surface area contributed by atoms with Crippen molar-refractivity contribution in [2.75, 3.05) is 13.1 Å². The molecule has 128 valence electrons.